The number of methoxy groups -OCH3 is 2. The molecule has 0 radical (unpaired) electrons. The molecule has 0 unspecified atom stereocenters. The van der Waals surface area contributed by atoms with Crippen LogP contribution in [0.15, 0.2) is 95.2 Å². The van der Waals surface area contributed by atoms with E-state index in [0.717, 1.165) is 53.8 Å². The quantitative estimate of drug-likeness (QED) is 0.113. The van der Waals surface area contributed by atoms with Crippen LogP contribution in [0.5, 0.6) is 23.0 Å². The zero-order chi connectivity index (χ0) is 41.0. The van der Waals surface area contributed by atoms with Gasteiger partial charge in [0.25, 0.3) is 11.8 Å². The number of hydrogen-bond donors (Lipinski definition) is 2. The Labute approximate surface area is 342 Å². The van der Waals surface area contributed by atoms with E-state index in [1.807, 2.05) is 18.6 Å². The van der Waals surface area contributed by atoms with Gasteiger partial charge < -0.3 is 39.2 Å². The Balaban J connectivity index is 0.843. The van der Waals surface area contributed by atoms with Crippen molar-refractivity contribution in [1.82, 2.24) is 9.80 Å². The van der Waals surface area contributed by atoms with Crippen LogP contribution < -0.4 is 24.3 Å². The molecule has 0 saturated carbocycles. The van der Waals surface area contributed by atoms with Crippen LogP contribution >= 0.6 is 0 Å². The number of anilines is 1. The zero-order valence-corrected chi connectivity index (χ0v) is 33.1. The van der Waals surface area contributed by atoms with Crippen molar-refractivity contribution in [3.63, 3.8) is 0 Å². The van der Waals surface area contributed by atoms with Crippen molar-refractivity contribution in [1.29, 1.82) is 0 Å². The molecule has 2 N–H and O–H groups in total. The number of fused-ring (bicyclic) bond motifs is 4. The maximum Gasteiger partial charge on any atom is 0.335 e. The number of carbonyl (C=O) groups is 3. The van der Waals surface area contributed by atoms with E-state index in [0.29, 0.717) is 71.6 Å². The minimum absolute atomic E-state index is 0.133. The third kappa shape index (κ3) is 8.00. The molecule has 13 nitrogen and oxygen atoms in total. The molecule has 59 heavy (non-hydrogen) atoms. The summed E-state index contributed by atoms with van der Waals surface area (Å²) >= 11 is 0. The minimum atomic E-state index is -0.987. The highest BCUT2D eigenvalue weighted by atomic mass is 16.5. The first-order chi connectivity index (χ1) is 28.7. The van der Waals surface area contributed by atoms with Crippen molar-refractivity contribution in [3.8, 4) is 23.0 Å². The lowest BCUT2D eigenvalue weighted by atomic mass is 10.0. The number of aliphatic imine (C=N–C) groups is 2. The Bertz CT molecular complexity index is 2400. The number of nitrogens with zero attached hydrogens (tertiary/aromatic N) is 4. The van der Waals surface area contributed by atoms with E-state index in [9.17, 15) is 19.5 Å². The molecule has 4 aliphatic rings. The number of rotatable bonds is 15. The number of unbranched alkanes of at least 4 members (excludes halogenated alkanes) is 2. The number of nitrogens with one attached hydrogen (secondary N) is 1. The van der Waals surface area contributed by atoms with Crippen LogP contribution in [0.4, 0.5) is 17.1 Å². The molecule has 13 heteroatoms. The highest BCUT2D eigenvalue weighted by molar-refractivity contribution is 6.06. The molecule has 2 amide bonds. The number of benzene rings is 4. The highest BCUT2D eigenvalue weighted by Crippen LogP contribution is 2.42. The standard InChI is InChI=1S/C46H45N5O8/c1-4-47-33-14-12-29(13-15-33)32-19-35-25-49-39-23-43(41(57-3)21-37(39)45(53)51(35)27-32)59-17-7-5-6-16-58-42-22-38-36(20-40(42)56-2)44(52)50-26-31(18-34(50)24-48-38)28-8-10-30(11-9-28)46(54)55/h8-15,20-27,34-35,47H,4-7,16-19H2,1-3H3,(H,54,55)/t34-,35-/m0/s1. The number of hydrogen-bond acceptors (Lipinski definition) is 10. The number of carboxylic acids is 1. The van der Waals surface area contributed by atoms with Gasteiger partial charge in [-0.1, -0.05) is 24.3 Å². The Morgan fingerprint density at radius 1 is 0.695 bits per heavy atom. The molecule has 8 rings (SSSR count). The normalized spacial score (nSPS) is 17.5. The molecule has 4 aromatic rings. The molecule has 4 heterocycles. The third-order valence-corrected chi connectivity index (χ3v) is 10.9. The second-order valence-electron chi connectivity index (χ2n) is 14.6. The second kappa shape index (κ2) is 16.9. The first-order valence-corrected chi connectivity index (χ1v) is 19.8. The smallest absolute Gasteiger partial charge is 0.335 e. The zero-order valence-electron chi connectivity index (χ0n) is 33.1. The molecule has 0 saturated heterocycles. The predicted molar refractivity (Wildman–Crippen MR) is 226 cm³/mol. The highest BCUT2D eigenvalue weighted by Gasteiger charge is 2.35. The third-order valence-electron chi connectivity index (χ3n) is 10.9. The summed E-state index contributed by atoms with van der Waals surface area (Å²) in [6, 6.07) is 21.3. The van der Waals surface area contributed by atoms with Crippen molar-refractivity contribution < 1.29 is 38.4 Å². The van der Waals surface area contributed by atoms with Crippen LogP contribution in [0.2, 0.25) is 0 Å². The van der Waals surface area contributed by atoms with E-state index in [4.69, 9.17) is 23.9 Å². The van der Waals surface area contributed by atoms with Gasteiger partial charge in [0.2, 0.25) is 0 Å². The molecule has 0 bridgehead atoms. The Kier molecular flexibility index (Phi) is 11.2. The summed E-state index contributed by atoms with van der Waals surface area (Å²) < 4.78 is 23.6. The van der Waals surface area contributed by atoms with Crippen LogP contribution in [-0.2, 0) is 0 Å². The molecule has 2 atom stereocenters. The van der Waals surface area contributed by atoms with E-state index >= 15 is 0 Å². The summed E-state index contributed by atoms with van der Waals surface area (Å²) in [6.45, 7) is 3.77. The van der Waals surface area contributed by atoms with Crippen LogP contribution in [0.3, 0.4) is 0 Å². The summed E-state index contributed by atoms with van der Waals surface area (Å²) in [7, 11) is 3.10. The van der Waals surface area contributed by atoms with Gasteiger partial charge in [-0.25, -0.2) is 4.79 Å². The van der Waals surface area contributed by atoms with Crippen molar-refractivity contribution in [2.45, 2.75) is 51.1 Å². The fourth-order valence-corrected chi connectivity index (χ4v) is 7.72. The summed E-state index contributed by atoms with van der Waals surface area (Å²) in [5.74, 6) is 0.604. The lowest BCUT2D eigenvalue weighted by molar-refractivity contribution is 0.0695. The van der Waals surface area contributed by atoms with E-state index < -0.39 is 5.97 Å². The predicted octanol–water partition coefficient (Wildman–Crippen LogP) is 8.40. The van der Waals surface area contributed by atoms with Gasteiger partial charge in [-0.05, 0) is 84.9 Å². The molecule has 4 aromatic carbocycles. The number of aromatic carboxylic acids is 1. The van der Waals surface area contributed by atoms with Gasteiger partial charge in [0.05, 0.1) is 67.6 Å². The molecule has 0 fully saturated rings. The summed E-state index contributed by atoms with van der Waals surface area (Å²) in [6.07, 6.45) is 10.9. The van der Waals surface area contributed by atoms with Gasteiger partial charge >= 0.3 is 5.97 Å². The molecule has 0 aromatic heterocycles. The SMILES string of the molecule is CCNc1ccc(C2=CN3C(=O)c4cc(OC)c(OCCCCCOc5cc6c(cc5OC)C(=O)N5C=C(c7ccc(C(=O)O)cc7)C[C@H]5C=N6)cc4N=C[C@@H]3C2)cc1. The van der Waals surface area contributed by atoms with Crippen LogP contribution in [0.1, 0.15) is 81.2 Å². The Morgan fingerprint density at radius 2 is 1.17 bits per heavy atom. The summed E-state index contributed by atoms with van der Waals surface area (Å²) in [4.78, 5) is 51.6. The topological polar surface area (TPSA) is 152 Å². The van der Waals surface area contributed by atoms with Gasteiger partial charge in [0, 0.05) is 62.0 Å². The molecular formula is C46H45N5O8. The number of amides is 2. The molecule has 4 aliphatic heterocycles. The minimum Gasteiger partial charge on any atom is -0.493 e. The fraction of sp³-hybridized carbons (Fsp3) is 0.283. The second-order valence-corrected chi connectivity index (χ2v) is 14.6. The van der Waals surface area contributed by atoms with E-state index in [1.165, 1.54) is 7.11 Å². The lowest BCUT2D eigenvalue weighted by Gasteiger charge is -2.19. The van der Waals surface area contributed by atoms with Gasteiger partial charge in [0.15, 0.2) is 23.0 Å². The van der Waals surface area contributed by atoms with Crippen molar-refractivity contribution in [3.05, 3.63) is 113 Å². The van der Waals surface area contributed by atoms with Gasteiger partial charge in [-0.3, -0.25) is 19.6 Å². The average molecular weight is 796 g/mol. The van der Waals surface area contributed by atoms with Gasteiger partial charge in [0.1, 0.15) is 0 Å². The van der Waals surface area contributed by atoms with E-state index in [2.05, 4.69) is 41.5 Å². The maximum atomic E-state index is 13.8. The number of carboxylic acid groups (broad SMARTS) is 1. The number of ether oxygens (including phenoxy) is 4. The Morgan fingerprint density at radius 3 is 1.61 bits per heavy atom. The molecule has 0 aliphatic carbocycles. The van der Waals surface area contributed by atoms with Crippen molar-refractivity contribution in [2.24, 2.45) is 9.98 Å². The summed E-state index contributed by atoms with van der Waals surface area (Å²) in [5.41, 5.74) is 7.12. The van der Waals surface area contributed by atoms with Crippen LogP contribution in [0.25, 0.3) is 11.1 Å². The molecule has 0 spiro atoms. The first kappa shape index (κ1) is 39.0. The Hall–Kier alpha value is -6.89. The molecule has 302 valence electrons. The van der Waals surface area contributed by atoms with E-state index in [1.54, 1.807) is 71.7 Å². The van der Waals surface area contributed by atoms with Crippen LogP contribution in [0, 0.1) is 0 Å². The van der Waals surface area contributed by atoms with Crippen LogP contribution in [-0.4, -0.2) is 91.2 Å². The van der Waals surface area contributed by atoms with Crippen molar-refractivity contribution in [2.75, 3.05) is 39.3 Å². The average Bonchev–Trinajstić information content (AvgIpc) is 3.83. The van der Waals surface area contributed by atoms with Crippen molar-refractivity contribution >= 4 is 58.4 Å². The van der Waals surface area contributed by atoms with Gasteiger partial charge in [-0.15, -0.1) is 0 Å². The molecular weight excluding hydrogens is 751 g/mol. The number of carbonyl (C=O) groups excluding carboxylic acids is 2. The summed E-state index contributed by atoms with van der Waals surface area (Å²) in [5, 5.41) is 12.6. The lowest BCUT2D eigenvalue weighted by Crippen LogP contribution is -2.32. The van der Waals surface area contributed by atoms with E-state index in [-0.39, 0.29) is 29.5 Å². The van der Waals surface area contributed by atoms with Gasteiger partial charge in [-0.2, -0.15) is 0 Å². The maximum absolute atomic E-state index is 13.8. The monoisotopic (exact) mass is 795 g/mol. The first-order valence-electron chi connectivity index (χ1n) is 19.8. The largest absolute Gasteiger partial charge is 0.493 e. The fourth-order valence-electron chi connectivity index (χ4n) is 7.72.